The molecule has 0 saturated carbocycles. The van der Waals surface area contributed by atoms with E-state index >= 15 is 0 Å². The number of ether oxygens (including phenoxy) is 1. The molecule has 0 bridgehead atoms. The van der Waals surface area contributed by atoms with Crippen molar-refractivity contribution in [1.82, 2.24) is 5.06 Å². The zero-order valence-electron chi connectivity index (χ0n) is 8.09. The second-order valence-corrected chi connectivity index (χ2v) is 3.59. The quantitative estimate of drug-likeness (QED) is 0.634. The van der Waals surface area contributed by atoms with Crippen molar-refractivity contribution < 1.29 is 9.94 Å². The summed E-state index contributed by atoms with van der Waals surface area (Å²) in [6, 6.07) is 0. The highest BCUT2D eigenvalue weighted by molar-refractivity contribution is 4.76. The maximum absolute atomic E-state index is 9.20. The minimum atomic E-state index is -0.213. The van der Waals surface area contributed by atoms with E-state index in [4.69, 9.17) is 4.74 Å². The smallest absolute Gasteiger partial charge is 0.0561 e. The molecule has 0 rings (SSSR count). The molecule has 0 saturated heterocycles. The summed E-state index contributed by atoms with van der Waals surface area (Å²) in [5, 5.41) is 10.4. The third kappa shape index (κ3) is 3.70. The summed E-state index contributed by atoms with van der Waals surface area (Å²) >= 11 is 0. The highest BCUT2D eigenvalue weighted by Gasteiger charge is 2.24. The maximum atomic E-state index is 9.20. The van der Waals surface area contributed by atoms with Gasteiger partial charge in [0.1, 0.15) is 0 Å². The van der Waals surface area contributed by atoms with Crippen molar-refractivity contribution in [3.05, 3.63) is 0 Å². The zero-order valence-corrected chi connectivity index (χ0v) is 8.09. The average Bonchev–Trinajstić information content (AvgIpc) is 1.86. The summed E-state index contributed by atoms with van der Waals surface area (Å²) in [4.78, 5) is 0. The van der Waals surface area contributed by atoms with Gasteiger partial charge in [-0.15, -0.1) is 0 Å². The molecule has 1 atom stereocenters. The van der Waals surface area contributed by atoms with E-state index in [9.17, 15) is 5.21 Å². The molecule has 0 heterocycles. The lowest BCUT2D eigenvalue weighted by Gasteiger charge is -2.32. The molecule has 0 amide bonds. The summed E-state index contributed by atoms with van der Waals surface area (Å²) in [5.41, 5.74) is -0.213. The van der Waals surface area contributed by atoms with Gasteiger partial charge in [-0.05, 0) is 27.2 Å². The minimum absolute atomic E-state index is 0.180. The van der Waals surface area contributed by atoms with E-state index in [0.717, 1.165) is 6.42 Å². The normalized spacial score (nSPS) is 15.5. The van der Waals surface area contributed by atoms with Gasteiger partial charge in [-0.2, -0.15) is 5.06 Å². The van der Waals surface area contributed by atoms with E-state index in [2.05, 4.69) is 0 Å². The van der Waals surface area contributed by atoms with Gasteiger partial charge >= 0.3 is 0 Å². The lowest BCUT2D eigenvalue weighted by molar-refractivity contribution is -0.151. The first-order chi connectivity index (χ1) is 4.90. The number of rotatable bonds is 4. The fourth-order valence-electron chi connectivity index (χ4n) is 0.919. The second-order valence-electron chi connectivity index (χ2n) is 3.59. The lowest BCUT2D eigenvalue weighted by Crippen LogP contribution is -2.41. The molecule has 3 nitrogen and oxygen atoms in total. The van der Waals surface area contributed by atoms with E-state index in [1.54, 1.807) is 14.2 Å². The number of nitrogens with zero attached hydrogens (tertiary/aromatic N) is 1. The number of hydrogen-bond donors (Lipinski definition) is 1. The van der Waals surface area contributed by atoms with Crippen LogP contribution in [0.1, 0.15) is 27.2 Å². The summed E-state index contributed by atoms with van der Waals surface area (Å²) in [7, 11) is 3.33. The van der Waals surface area contributed by atoms with Crippen LogP contribution in [0.15, 0.2) is 0 Å². The van der Waals surface area contributed by atoms with E-state index < -0.39 is 0 Å². The largest absolute Gasteiger partial charge is 0.382 e. The molecule has 0 aliphatic heterocycles. The Hall–Kier alpha value is -0.120. The van der Waals surface area contributed by atoms with Gasteiger partial charge in [0.25, 0.3) is 0 Å². The molecule has 0 aliphatic carbocycles. The second kappa shape index (κ2) is 4.04. The fourth-order valence-corrected chi connectivity index (χ4v) is 0.919. The fraction of sp³-hybridized carbons (Fsp3) is 1.00. The molecule has 0 aliphatic rings. The Morgan fingerprint density at radius 1 is 1.55 bits per heavy atom. The Morgan fingerprint density at radius 2 is 2.00 bits per heavy atom. The zero-order chi connectivity index (χ0) is 9.07. The van der Waals surface area contributed by atoms with Crippen molar-refractivity contribution in [2.75, 3.05) is 14.2 Å². The molecular weight excluding hydrogens is 142 g/mol. The number of methoxy groups -OCH3 is 1. The van der Waals surface area contributed by atoms with Crippen LogP contribution in [0.3, 0.4) is 0 Å². The van der Waals surface area contributed by atoms with Crippen LogP contribution >= 0.6 is 0 Å². The van der Waals surface area contributed by atoms with Crippen molar-refractivity contribution in [2.45, 2.75) is 38.8 Å². The average molecular weight is 161 g/mol. The molecule has 0 aromatic heterocycles. The minimum Gasteiger partial charge on any atom is -0.382 e. The van der Waals surface area contributed by atoms with Gasteiger partial charge in [-0.3, -0.25) is 0 Å². The first-order valence-corrected chi connectivity index (χ1v) is 3.85. The predicted octanol–water partition coefficient (Wildman–Crippen LogP) is 1.51. The summed E-state index contributed by atoms with van der Waals surface area (Å²) in [5.74, 6) is 0. The third-order valence-electron chi connectivity index (χ3n) is 2.07. The van der Waals surface area contributed by atoms with Crippen LogP contribution in [0.25, 0.3) is 0 Å². The van der Waals surface area contributed by atoms with Crippen molar-refractivity contribution in [3.8, 4) is 0 Å². The van der Waals surface area contributed by atoms with E-state index in [1.807, 2.05) is 20.8 Å². The van der Waals surface area contributed by atoms with Crippen LogP contribution in [0.5, 0.6) is 0 Å². The van der Waals surface area contributed by atoms with E-state index in [-0.39, 0.29) is 11.6 Å². The van der Waals surface area contributed by atoms with E-state index in [1.165, 1.54) is 5.06 Å². The predicted molar refractivity (Wildman–Crippen MR) is 44.7 cm³/mol. The molecule has 11 heavy (non-hydrogen) atoms. The number of hydrogen-bond acceptors (Lipinski definition) is 3. The van der Waals surface area contributed by atoms with E-state index in [0.29, 0.717) is 0 Å². The Kier molecular flexibility index (Phi) is 4.00. The molecular formula is C8H19NO2. The Bertz CT molecular complexity index is 113. The topological polar surface area (TPSA) is 32.7 Å². The standard InChI is InChI=1S/C8H19NO2/c1-7(11-5)6-8(2,3)9(4)10/h7,10H,6H2,1-5H3. The molecule has 1 N–H and O–H groups in total. The molecule has 68 valence electrons. The van der Waals surface area contributed by atoms with Crippen molar-refractivity contribution in [1.29, 1.82) is 0 Å². The molecule has 0 spiro atoms. The van der Waals surface area contributed by atoms with Crippen LogP contribution in [0.4, 0.5) is 0 Å². The summed E-state index contributed by atoms with van der Waals surface area (Å²) in [6.07, 6.45) is 0.996. The van der Waals surface area contributed by atoms with Crippen LogP contribution < -0.4 is 0 Å². The van der Waals surface area contributed by atoms with Crippen LogP contribution in [-0.2, 0) is 4.74 Å². The Morgan fingerprint density at radius 3 is 2.27 bits per heavy atom. The highest BCUT2D eigenvalue weighted by atomic mass is 16.5. The van der Waals surface area contributed by atoms with Gasteiger partial charge in [0, 0.05) is 19.7 Å². The van der Waals surface area contributed by atoms with Gasteiger partial charge in [0.15, 0.2) is 0 Å². The Balaban J connectivity index is 3.90. The molecule has 1 unspecified atom stereocenters. The third-order valence-corrected chi connectivity index (χ3v) is 2.07. The molecule has 0 aromatic rings. The van der Waals surface area contributed by atoms with Crippen LogP contribution in [0.2, 0.25) is 0 Å². The van der Waals surface area contributed by atoms with Crippen molar-refractivity contribution >= 4 is 0 Å². The Labute approximate surface area is 68.9 Å². The summed E-state index contributed by atoms with van der Waals surface area (Å²) in [6.45, 7) is 5.94. The highest BCUT2D eigenvalue weighted by Crippen LogP contribution is 2.18. The first-order valence-electron chi connectivity index (χ1n) is 3.85. The van der Waals surface area contributed by atoms with Gasteiger partial charge in [-0.1, -0.05) is 0 Å². The SMILES string of the molecule is COC(C)CC(C)(C)N(C)O. The van der Waals surface area contributed by atoms with Crippen LogP contribution in [-0.4, -0.2) is 36.1 Å². The molecule has 3 heteroatoms. The van der Waals surface area contributed by atoms with Crippen molar-refractivity contribution in [3.63, 3.8) is 0 Å². The van der Waals surface area contributed by atoms with Crippen LogP contribution in [0, 0.1) is 0 Å². The maximum Gasteiger partial charge on any atom is 0.0561 e. The monoisotopic (exact) mass is 161 g/mol. The first kappa shape index (κ1) is 10.9. The lowest BCUT2D eigenvalue weighted by atomic mass is 9.97. The molecule has 0 fully saturated rings. The molecule has 0 aromatic carbocycles. The van der Waals surface area contributed by atoms with Gasteiger partial charge < -0.3 is 9.94 Å². The number of hydroxylamine groups is 2. The summed E-state index contributed by atoms with van der Waals surface area (Å²) < 4.78 is 5.10. The van der Waals surface area contributed by atoms with Gasteiger partial charge in [0.05, 0.1) is 6.10 Å². The molecule has 0 radical (unpaired) electrons. The van der Waals surface area contributed by atoms with Gasteiger partial charge in [0.2, 0.25) is 0 Å². The van der Waals surface area contributed by atoms with Crippen molar-refractivity contribution in [2.24, 2.45) is 0 Å². The van der Waals surface area contributed by atoms with Gasteiger partial charge in [-0.25, -0.2) is 0 Å².